The van der Waals surface area contributed by atoms with E-state index < -0.39 is 0 Å². The number of aryl methyl sites for hydroxylation is 1. The molecule has 0 saturated carbocycles. The molecule has 3 rings (SSSR count). The summed E-state index contributed by atoms with van der Waals surface area (Å²) in [6.07, 6.45) is 0. The number of imidazole rings is 1. The number of nitrogens with zero attached hydrogens (tertiary/aromatic N) is 2. The van der Waals surface area contributed by atoms with Crippen LogP contribution in [0.25, 0.3) is 22.4 Å². The van der Waals surface area contributed by atoms with Crippen molar-refractivity contribution in [2.24, 2.45) is 0 Å². The third-order valence-electron chi connectivity index (χ3n) is 3.91. The lowest BCUT2D eigenvalue weighted by Gasteiger charge is -2.20. The lowest BCUT2D eigenvalue weighted by atomic mass is 10.2. The maximum atomic E-state index is 4.67. The Morgan fingerprint density at radius 2 is 1.71 bits per heavy atom. The van der Waals surface area contributed by atoms with E-state index >= 15 is 0 Å². The predicted molar refractivity (Wildman–Crippen MR) is 89.8 cm³/mol. The number of fused-ring (bicyclic) bond motifs is 1. The fourth-order valence-corrected chi connectivity index (χ4v) is 2.68. The number of benzene rings is 2. The van der Waals surface area contributed by atoms with Crippen molar-refractivity contribution in [1.82, 2.24) is 9.97 Å². The standard InChI is InChI=1S/C18H21N3/c1-4-21(5-2)15-9-7-14(8-10-15)18-19-16-11-6-13(3)12-17(16)20-18/h6-12H,4-5H2,1-3H3,(H,19,20). The summed E-state index contributed by atoms with van der Waals surface area (Å²) in [5.41, 5.74) is 5.74. The first kappa shape index (κ1) is 13.7. The van der Waals surface area contributed by atoms with Crippen molar-refractivity contribution >= 4 is 16.7 Å². The number of nitrogens with one attached hydrogen (secondary N) is 1. The summed E-state index contributed by atoms with van der Waals surface area (Å²) in [6, 6.07) is 14.9. The van der Waals surface area contributed by atoms with Crippen LogP contribution in [-0.4, -0.2) is 23.1 Å². The molecule has 0 bridgehead atoms. The number of hydrogen-bond donors (Lipinski definition) is 1. The van der Waals surface area contributed by atoms with Crippen molar-refractivity contribution in [2.75, 3.05) is 18.0 Å². The van der Waals surface area contributed by atoms with E-state index in [1.165, 1.54) is 11.3 Å². The Morgan fingerprint density at radius 3 is 2.38 bits per heavy atom. The van der Waals surface area contributed by atoms with E-state index in [1.807, 2.05) is 0 Å². The summed E-state index contributed by atoms with van der Waals surface area (Å²) in [5.74, 6) is 0.932. The second kappa shape index (κ2) is 5.60. The maximum Gasteiger partial charge on any atom is 0.138 e. The molecule has 1 heterocycles. The van der Waals surface area contributed by atoms with Crippen LogP contribution in [0.1, 0.15) is 19.4 Å². The summed E-state index contributed by atoms with van der Waals surface area (Å²) < 4.78 is 0. The second-order valence-electron chi connectivity index (χ2n) is 5.33. The van der Waals surface area contributed by atoms with Crippen molar-refractivity contribution in [2.45, 2.75) is 20.8 Å². The first-order valence-electron chi connectivity index (χ1n) is 7.53. The Morgan fingerprint density at radius 1 is 1.00 bits per heavy atom. The van der Waals surface area contributed by atoms with Crippen LogP contribution in [0.4, 0.5) is 5.69 Å². The van der Waals surface area contributed by atoms with Crippen LogP contribution in [0.2, 0.25) is 0 Å². The Bertz CT molecular complexity index is 737. The lowest BCUT2D eigenvalue weighted by molar-refractivity contribution is 0.866. The topological polar surface area (TPSA) is 31.9 Å². The number of hydrogen-bond acceptors (Lipinski definition) is 2. The molecule has 0 radical (unpaired) electrons. The molecule has 0 spiro atoms. The first-order valence-corrected chi connectivity index (χ1v) is 7.53. The van der Waals surface area contributed by atoms with Crippen molar-refractivity contribution < 1.29 is 0 Å². The number of rotatable bonds is 4. The summed E-state index contributed by atoms with van der Waals surface area (Å²) in [7, 11) is 0. The molecule has 108 valence electrons. The van der Waals surface area contributed by atoms with E-state index in [0.29, 0.717) is 0 Å². The third kappa shape index (κ3) is 2.64. The van der Waals surface area contributed by atoms with Gasteiger partial charge in [0, 0.05) is 24.3 Å². The van der Waals surface area contributed by atoms with Gasteiger partial charge in [0.1, 0.15) is 5.82 Å². The van der Waals surface area contributed by atoms with Gasteiger partial charge < -0.3 is 9.88 Å². The quantitative estimate of drug-likeness (QED) is 0.768. The van der Waals surface area contributed by atoms with Gasteiger partial charge in [-0.15, -0.1) is 0 Å². The summed E-state index contributed by atoms with van der Waals surface area (Å²) in [6.45, 7) is 8.51. The molecular formula is C18H21N3. The molecule has 3 heteroatoms. The maximum absolute atomic E-state index is 4.67. The van der Waals surface area contributed by atoms with Gasteiger partial charge in [0.05, 0.1) is 11.0 Å². The largest absolute Gasteiger partial charge is 0.372 e. The minimum atomic E-state index is 0.932. The number of aromatic amines is 1. The zero-order valence-electron chi connectivity index (χ0n) is 12.9. The van der Waals surface area contributed by atoms with E-state index in [0.717, 1.165) is 35.5 Å². The van der Waals surface area contributed by atoms with Crippen LogP contribution >= 0.6 is 0 Å². The molecule has 0 aliphatic rings. The fourth-order valence-electron chi connectivity index (χ4n) is 2.68. The van der Waals surface area contributed by atoms with E-state index in [2.05, 4.69) is 78.1 Å². The third-order valence-corrected chi connectivity index (χ3v) is 3.91. The Hall–Kier alpha value is -2.29. The zero-order valence-corrected chi connectivity index (χ0v) is 12.9. The minimum Gasteiger partial charge on any atom is -0.372 e. The average molecular weight is 279 g/mol. The van der Waals surface area contributed by atoms with Gasteiger partial charge in [-0.05, 0) is 62.7 Å². The van der Waals surface area contributed by atoms with Crippen LogP contribution in [0.3, 0.4) is 0 Å². The molecule has 21 heavy (non-hydrogen) atoms. The Balaban J connectivity index is 1.95. The first-order chi connectivity index (χ1) is 10.2. The van der Waals surface area contributed by atoms with Crippen LogP contribution in [0, 0.1) is 6.92 Å². The molecule has 0 saturated heterocycles. The van der Waals surface area contributed by atoms with E-state index in [4.69, 9.17) is 0 Å². The molecule has 0 fully saturated rings. The lowest BCUT2D eigenvalue weighted by Crippen LogP contribution is -2.21. The summed E-state index contributed by atoms with van der Waals surface area (Å²) in [5, 5.41) is 0. The highest BCUT2D eigenvalue weighted by molar-refractivity contribution is 5.80. The molecule has 2 aromatic carbocycles. The Labute approximate surface area is 125 Å². The molecule has 0 amide bonds. The van der Waals surface area contributed by atoms with Gasteiger partial charge in [0.15, 0.2) is 0 Å². The summed E-state index contributed by atoms with van der Waals surface area (Å²) in [4.78, 5) is 10.4. The molecule has 1 aromatic heterocycles. The van der Waals surface area contributed by atoms with Gasteiger partial charge in [-0.1, -0.05) is 6.07 Å². The zero-order chi connectivity index (χ0) is 14.8. The number of aromatic nitrogens is 2. The molecule has 3 aromatic rings. The van der Waals surface area contributed by atoms with Crippen LogP contribution in [-0.2, 0) is 0 Å². The van der Waals surface area contributed by atoms with E-state index in [9.17, 15) is 0 Å². The average Bonchev–Trinajstić information content (AvgIpc) is 2.92. The van der Waals surface area contributed by atoms with Gasteiger partial charge >= 0.3 is 0 Å². The smallest absolute Gasteiger partial charge is 0.138 e. The monoisotopic (exact) mass is 279 g/mol. The van der Waals surface area contributed by atoms with Crippen LogP contribution < -0.4 is 4.90 Å². The minimum absolute atomic E-state index is 0.932. The molecule has 1 N–H and O–H groups in total. The van der Waals surface area contributed by atoms with Gasteiger partial charge in [0.2, 0.25) is 0 Å². The van der Waals surface area contributed by atoms with E-state index in [1.54, 1.807) is 0 Å². The fraction of sp³-hybridized carbons (Fsp3) is 0.278. The molecule has 0 aliphatic heterocycles. The van der Waals surface area contributed by atoms with Gasteiger partial charge in [-0.2, -0.15) is 0 Å². The van der Waals surface area contributed by atoms with Crippen molar-refractivity contribution in [1.29, 1.82) is 0 Å². The highest BCUT2D eigenvalue weighted by Gasteiger charge is 2.07. The molecular weight excluding hydrogens is 258 g/mol. The summed E-state index contributed by atoms with van der Waals surface area (Å²) >= 11 is 0. The van der Waals surface area contributed by atoms with Crippen molar-refractivity contribution in [3.63, 3.8) is 0 Å². The van der Waals surface area contributed by atoms with Crippen LogP contribution in [0.5, 0.6) is 0 Å². The predicted octanol–water partition coefficient (Wildman–Crippen LogP) is 4.38. The van der Waals surface area contributed by atoms with Crippen molar-refractivity contribution in [3.8, 4) is 11.4 Å². The molecule has 0 atom stereocenters. The SMILES string of the molecule is CCN(CC)c1ccc(-c2nc3ccc(C)cc3[nH]2)cc1. The van der Waals surface area contributed by atoms with Gasteiger partial charge in [0.25, 0.3) is 0 Å². The van der Waals surface area contributed by atoms with Crippen molar-refractivity contribution in [3.05, 3.63) is 48.0 Å². The van der Waals surface area contributed by atoms with E-state index in [-0.39, 0.29) is 0 Å². The highest BCUT2D eigenvalue weighted by Crippen LogP contribution is 2.24. The second-order valence-corrected chi connectivity index (χ2v) is 5.33. The molecule has 0 aliphatic carbocycles. The number of H-pyrrole nitrogens is 1. The van der Waals surface area contributed by atoms with Crippen LogP contribution in [0.15, 0.2) is 42.5 Å². The van der Waals surface area contributed by atoms with Gasteiger partial charge in [-0.3, -0.25) is 0 Å². The molecule has 3 nitrogen and oxygen atoms in total. The highest BCUT2D eigenvalue weighted by atomic mass is 15.1. The normalized spacial score (nSPS) is 11.0. The number of anilines is 1. The Kier molecular flexibility index (Phi) is 3.65. The van der Waals surface area contributed by atoms with Gasteiger partial charge in [-0.25, -0.2) is 4.98 Å². The molecule has 0 unspecified atom stereocenters.